The first-order valence-corrected chi connectivity index (χ1v) is 9.86. The van der Waals surface area contributed by atoms with Crippen LogP contribution in [0.3, 0.4) is 0 Å². The number of aromatic nitrogens is 4. The highest BCUT2D eigenvalue weighted by molar-refractivity contribution is 7.92. The number of nitrogens with zero attached hydrogens (tertiary/aromatic N) is 5. The van der Waals surface area contributed by atoms with Crippen molar-refractivity contribution in [3.05, 3.63) is 42.7 Å². The van der Waals surface area contributed by atoms with Crippen molar-refractivity contribution in [1.29, 1.82) is 0 Å². The van der Waals surface area contributed by atoms with Gasteiger partial charge in [-0.1, -0.05) is 6.07 Å². The number of nitrogens with one attached hydrogen (secondary N) is 1. The molecule has 2 atom stereocenters. The van der Waals surface area contributed by atoms with Gasteiger partial charge in [0, 0.05) is 31.5 Å². The molecule has 4 rings (SSSR count). The van der Waals surface area contributed by atoms with Gasteiger partial charge in [0.25, 0.3) is 0 Å². The van der Waals surface area contributed by atoms with Crippen molar-refractivity contribution in [2.45, 2.75) is 25.3 Å². The Morgan fingerprint density at radius 2 is 2.14 bits per heavy atom. The fraction of sp³-hybridized carbons (Fsp3) is 0.389. The van der Waals surface area contributed by atoms with Gasteiger partial charge >= 0.3 is 0 Å². The van der Waals surface area contributed by atoms with Crippen molar-refractivity contribution in [3.63, 3.8) is 0 Å². The van der Waals surface area contributed by atoms with Gasteiger partial charge in [0.15, 0.2) is 5.65 Å². The van der Waals surface area contributed by atoms with Gasteiger partial charge < -0.3 is 5.32 Å². The Morgan fingerprint density at radius 1 is 1.24 bits per heavy atom. The van der Waals surface area contributed by atoms with E-state index in [-0.39, 0.29) is 13.5 Å². The summed E-state index contributed by atoms with van der Waals surface area (Å²) in [5, 5.41) is 8.28. The van der Waals surface area contributed by atoms with E-state index in [1.54, 1.807) is 19.4 Å². The minimum absolute atomic E-state index is 0. The first kappa shape index (κ1) is 21.8. The molecule has 0 radical (unpaired) electrons. The molecule has 3 aromatic heterocycles. The zero-order valence-corrected chi connectivity index (χ0v) is 17.9. The number of hydrogen-bond donors (Lipinski definition) is 2. The summed E-state index contributed by atoms with van der Waals surface area (Å²) in [5.41, 5.74) is 2.43. The SMILES string of the molecule is CN(N)SOOCC1CC[C@H](Nc2ccnc3cc(-c4ccccn4)nn23)C1.S. The van der Waals surface area contributed by atoms with E-state index in [4.69, 9.17) is 15.1 Å². The van der Waals surface area contributed by atoms with Crippen LogP contribution in [0, 0.1) is 5.92 Å². The van der Waals surface area contributed by atoms with E-state index in [1.807, 2.05) is 34.8 Å². The number of pyridine rings is 1. The van der Waals surface area contributed by atoms with Crippen molar-refractivity contribution in [3.8, 4) is 11.4 Å². The first-order valence-electron chi connectivity index (χ1n) is 9.16. The molecule has 11 heteroatoms. The predicted molar refractivity (Wildman–Crippen MR) is 118 cm³/mol. The number of hydrogen-bond acceptors (Lipinski definition) is 9. The number of anilines is 1. The van der Waals surface area contributed by atoms with Crippen LogP contribution in [0.5, 0.6) is 0 Å². The summed E-state index contributed by atoms with van der Waals surface area (Å²) >= 11 is 0.970. The van der Waals surface area contributed by atoms with E-state index >= 15 is 0 Å². The van der Waals surface area contributed by atoms with Crippen LogP contribution < -0.4 is 11.2 Å². The summed E-state index contributed by atoms with van der Waals surface area (Å²) in [4.78, 5) is 14.0. The van der Waals surface area contributed by atoms with Gasteiger partial charge in [0.05, 0.1) is 12.3 Å². The molecule has 0 spiro atoms. The molecule has 29 heavy (non-hydrogen) atoms. The smallest absolute Gasteiger partial charge is 0.157 e. The van der Waals surface area contributed by atoms with Crippen LogP contribution in [0.2, 0.25) is 0 Å². The van der Waals surface area contributed by atoms with Gasteiger partial charge in [0.2, 0.25) is 0 Å². The lowest BCUT2D eigenvalue weighted by Crippen LogP contribution is -2.19. The highest BCUT2D eigenvalue weighted by Gasteiger charge is 2.26. The largest absolute Gasteiger partial charge is 0.367 e. The molecule has 156 valence electrons. The Kier molecular flexibility index (Phi) is 7.70. The second-order valence-electron chi connectivity index (χ2n) is 6.84. The molecule has 9 nitrogen and oxygen atoms in total. The topological polar surface area (TPSA) is 103 Å². The highest BCUT2D eigenvalue weighted by Crippen LogP contribution is 2.29. The van der Waals surface area contributed by atoms with Gasteiger partial charge in [-0.05, 0) is 43.4 Å². The summed E-state index contributed by atoms with van der Waals surface area (Å²) in [6.45, 7) is 0.552. The molecular weight excluding hydrogens is 410 g/mol. The third kappa shape index (κ3) is 5.59. The second kappa shape index (κ2) is 10.2. The number of fused-ring (bicyclic) bond motifs is 1. The van der Waals surface area contributed by atoms with E-state index in [0.29, 0.717) is 18.6 Å². The lowest BCUT2D eigenvalue weighted by atomic mass is 10.1. The zero-order chi connectivity index (χ0) is 19.3. The second-order valence-corrected chi connectivity index (χ2v) is 7.70. The fourth-order valence-electron chi connectivity index (χ4n) is 3.40. The average molecular weight is 436 g/mol. The van der Waals surface area contributed by atoms with Crippen molar-refractivity contribution in [1.82, 2.24) is 24.0 Å². The molecule has 0 amide bonds. The van der Waals surface area contributed by atoms with E-state index in [0.717, 1.165) is 54.3 Å². The average Bonchev–Trinajstić information content (AvgIpc) is 3.33. The van der Waals surface area contributed by atoms with E-state index in [1.165, 1.54) is 4.41 Å². The van der Waals surface area contributed by atoms with Crippen molar-refractivity contribution >= 4 is 37.2 Å². The maximum atomic E-state index is 5.44. The number of nitrogens with two attached hydrogens (primary N) is 1. The van der Waals surface area contributed by atoms with E-state index in [2.05, 4.69) is 20.4 Å². The molecule has 3 N–H and O–H groups in total. The molecule has 1 aliphatic rings. The fourth-order valence-corrected chi connectivity index (χ4v) is 3.60. The third-order valence-electron chi connectivity index (χ3n) is 4.68. The summed E-state index contributed by atoms with van der Waals surface area (Å²) in [7, 11) is 1.69. The summed E-state index contributed by atoms with van der Waals surface area (Å²) in [6.07, 6.45) is 6.71. The molecule has 3 aromatic rings. The predicted octanol–water partition coefficient (Wildman–Crippen LogP) is 2.80. The molecule has 1 saturated carbocycles. The van der Waals surface area contributed by atoms with Crippen LogP contribution in [0.15, 0.2) is 42.7 Å². The minimum Gasteiger partial charge on any atom is -0.367 e. The lowest BCUT2D eigenvalue weighted by molar-refractivity contribution is -0.203. The zero-order valence-electron chi connectivity index (χ0n) is 16.1. The first-order chi connectivity index (χ1) is 13.7. The van der Waals surface area contributed by atoms with Crippen LogP contribution in [-0.4, -0.2) is 43.7 Å². The maximum absolute atomic E-state index is 5.44. The standard InChI is InChI=1S/C18H23N7O2S.H2S/c1-24(19)28-27-26-12-13-5-6-14(10-13)22-17-7-9-21-18-11-16(23-25(17)18)15-4-2-3-8-20-15;/h2-4,7-9,11,13-14,22H,5-6,10,12,19H2,1H3;1H2/t13?,14-;/m0./s1. The monoisotopic (exact) mass is 435 g/mol. The van der Waals surface area contributed by atoms with Crippen molar-refractivity contribution < 1.29 is 9.22 Å². The van der Waals surface area contributed by atoms with Gasteiger partial charge in [-0.2, -0.15) is 27.5 Å². The van der Waals surface area contributed by atoms with Crippen LogP contribution >= 0.6 is 25.7 Å². The Labute approximate surface area is 180 Å². The Morgan fingerprint density at radius 3 is 2.93 bits per heavy atom. The summed E-state index contributed by atoms with van der Waals surface area (Å²) in [6, 6.07) is 10.0. The van der Waals surface area contributed by atoms with Gasteiger partial charge in [-0.3, -0.25) is 10.8 Å². The highest BCUT2D eigenvalue weighted by atomic mass is 32.2. The number of hydrazine groups is 1. The van der Waals surface area contributed by atoms with Crippen LogP contribution in [-0.2, 0) is 9.22 Å². The molecule has 0 aliphatic heterocycles. The summed E-state index contributed by atoms with van der Waals surface area (Å²) < 4.78 is 8.16. The Bertz CT molecular complexity index is 910. The summed E-state index contributed by atoms with van der Waals surface area (Å²) in [5.74, 6) is 6.81. The Hall–Kier alpha value is -1.89. The molecule has 0 aromatic carbocycles. The normalized spacial score (nSPS) is 18.9. The van der Waals surface area contributed by atoms with Crippen molar-refractivity contribution in [2.75, 3.05) is 19.0 Å². The van der Waals surface area contributed by atoms with Gasteiger partial charge in [0.1, 0.15) is 23.7 Å². The van der Waals surface area contributed by atoms with Crippen LogP contribution in [0.4, 0.5) is 5.82 Å². The molecule has 0 bridgehead atoms. The molecule has 1 aliphatic carbocycles. The van der Waals surface area contributed by atoms with Crippen LogP contribution in [0.1, 0.15) is 19.3 Å². The van der Waals surface area contributed by atoms with E-state index < -0.39 is 0 Å². The lowest BCUT2D eigenvalue weighted by Gasteiger charge is -2.15. The molecule has 1 unspecified atom stereocenters. The van der Waals surface area contributed by atoms with Crippen LogP contribution in [0.25, 0.3) is 17.0 Å². The maximum Gasteiger partial charge on any atom is 0.157 e. The van der Waals surface area contributed by atoms with E-state index in [9.17, 15) is 0 Å². The molecular formula is C18H25N7O2S2. The van der Waals surface area contributed by atoms with Gasteiger partial charge in [-0.15, -0.1) is 4.33 Å². The Balaban J connectivity index is 0.00000240. The molecule has 0 saturated heterocycles. The molecule has 1 fully saturated rings. The van der Waals surface area contributed by atoms with Gasteiger partial charge in [-0.25, -0.2) is 9.87 Å². The quantitative estimate of drug-likeness (QED) is 0.138. The molecule has 3 heterocycles. The van der Waals surface area contributed by atoms with Crippen molar-refractivity contribution in [2.24, 2.45) is 11.8 Å². The third-order valence-corrected chi connectivity index (χ3v) is 5.07. The minimum atomic E-state index is 0. The number of rotatable bonds is 8.